The fourth-order valence-electron chi connectivity index (χ4n) is 3.19. The molecule has 0 unspecified atom stereocenters. The van der Waals surface area contributed by atoms with Crippen molar-refractivity contribution in [3.05, 3.63) is 48.0 Å². The summed E-state index contributed by atoms with van der Waals surface area (Å²) < 4.78 is 14.4. The Morgan fingerprint density at radius 2 is 2.00 bits per heavy atom. The Morgan fingerprint density at radius 3 is 2.69 bits per heavy atom. The van der Waals surface area contributed by atoms with Gasteiger partial charge >= 0.3 is 0 Å². The fourth-order valence-corrected chi connectivity index (χ4v) is 3.19. The lowest BCUT2D eigenvalue weighted by molar-refractivity contribution is -0.135. The number of carbonyl (C=O) groups is 2. The summed E-state index contributed by atoms with van der Waals surface area (Å²) in [4.78, 5) is 26.5. The van der Waals surface area contributed by atoms with E-state index in [1.54, 1.807) is 6.20 Å². The van der Waals surface area contributed by atoms with E-state index in [4.69, 9.17) is 0 Å². The highest BCUT2D eigenvalue weighted by Gasteiger charge is 2.29. The Kier molecular flexibility index (Phi) is 5.06. The molecule has 26 heavy (non-hydrogen) atoms. The van der Waals surface area contributed by atoms with Gasteiger partial charge in [-0.3, -0.25) is 14.3 Å². The summed E-state index contributed by atoms with van der Waals surface area (Å²) >= 11 is 0. The van der Waals surface area contributed by atoms with Crippen molar-refractivity contribution in [3.63, 3.8) is 0 Å². The second kappa shape index (κ2) is 7.27. The molecule has 2 aromatic rings. The number of anilines is 1. The molecule has 1 aromatic carbocycles. The number of piperidine rings is 1. The van der Waals surface area contributed by atoms with E-state index in [1.807, 2.05) is 4.90 Å². The molecule has 1 saturated heterocycles. The minimum absolute atomic E-state index is 0.0253. The SMILES string of the molecule is CC1(C)CCCN(C(=O)Cn2cc(NC(=O)c3ccc(F)cc3)cn2)C1. The monoisotopic (exact) mass is 358 g/mol. The Hall–Kier alpha value is -2.70. The van der Waals surface area contributed by atoms with Crippen molar-refractivity contribution >= 4 is 17.5 Å². The van der Waals surface area contributed by atoms with Gasteiger partial charge in [0.2, 0.25) is 5.91 Å². The number of aromatic nitrogens is 2. The largest absolute Gasteiger partial charge is 0.341 e. The van der Waals surface area contributed by atoms with Gasteiger partial charge in [-0.2, -0.15) is 5.10 Å². The van der Waals surface area contributed by atoms with Gasteiger partial charge in [-0.1, -0.05) is 13.8 Å². The highest BCUT2D eigenvalue weighted by molar-refractivity contribution is 6.04. The fraction of sp³-hybridized carbons (Fsp3) is 0.421. The Bertz CT molecular complexity index is 798. The third-order valence-electron chi connectivity index (χ3n) is 4.55. The number of halogens is 1. The third kappa shape index (κ3) is 4.47. The standard InChI is InChI=1S/C19H23FN4O2/c1-19(2)8-3-9-23(13-19)17(25)12-24-11-16(10-21-24)22-18(26)14-4-6-15(20)7-5-14/h4-7,10-11H,3,8-9,12-13H2,1-2H3,(H,22,26). The molecule has 3 rings (SSSR count). The Morgan fingerprint density at radius 1 is 1.27 bits per heavy atom. The molecule has 1 N–H and O–H groups in total. The zero-order valence-corrected chi connectivity index (χ0v) is 15.0. The molecule has 1 fully saturated rings. The number of rotatable bonds is 4. The van der Waals surface area contributed by atoms with Crippen LogP contribution in [0.5, 0.6) is 0 Å². The third-order valence-corrected chi connectivity index (χ3v) is 4.55. The molecule has 0 spiro atoms. The average molecular weight is 358 g/mol. The summed E-state index contributed by atoms with van der Waals surface area (Å²) in [5.74, 6) is -0.722. The van der Waals surface area contributed by atoms with Crippen LogP contribution < -0.4 is 5.32 Å². The lowest BCUT2D eigenvalue weighted by Crippen LogP contribution is -2.44. The van der Waals surface area contributed by atoms with Gasteiger partial charge in [0.1, 0.15) is 12.4 Å². The van der Waals surface area contributed by atoms with Crippen molar-refractivity contribution in [2.24, 2.45) is 5.41 Å². The van der Waals surface area contributed by atoms with E-state index in [1.165, 1.54) is 35.1 Å². The second-order valence-electron chi connectivity index (χ2n) is 7.47. The molecular formula is C19H23FN4O2. The van der Waals surface area contributed by atoms with E-state index in [2.05, 4.69) is 24.3 Å². The van der Waals surface area contributed by atoms with E-state index in [-0.39, 0.29) is 23.8 Å². The molecule has 138 valence electrons. The number of hydrogen-bond acceptors (Lipinski definition) is 3. The van der Waals surface area contributed by atoms with E-state index in [0.29, 0.717) is 11.3 Å². The van der Waals surface area contributed by atoms with Gasteiger partial charge in [0.15, 0.2) is 0 Å². The molecule has 2 heterocycles. The first-order valence-corrected chi connectivity index (χ1v) is 8.70. The van der Waals surface area contributed by atoms with Crippen LogP contribution in [0.2, 0.25) is 0 Å². The molecule has 0 radical (unpaired) electrons. The summed E-state index contributed by atoms with van der Waals surface area (Å²) in [5, 5.41) is 6.84. The number of carbonyl (C=O) groups excluding carboxylic acids is 2. The van der Waals surface area contributed by atoms with Crippen LogP contribution in [0.3, 0.4) is 0 Å². The van der Waals surface area contributed by atoms with Gasteiger partial charge in [0.25, 0.3) is 5.91 Å². The van der Waals surface area contributed by atoms with Crippen LogP contribution in [0.25, 0.3) is 0 Å². The van der Waals surface area contributed by atoms with E-state index in [9.17, 15) is 14.0 Å². The van der Waals surface area contributed by atoms with Crippen molar-refractivity contribution in [3.8, 4) is 0 Å². The number of nitrogens with zero attached hydrogens (tertiary/aromatic N) is 3. The maximum atomic E-state index is 12.9. The van der Waals surface area contributed by atoms with Crippen LogP contribution in [0, 0.1) is 11.2 Å². The average Bonchev–Trinajstić information content (AvgIpc) is 3.01. The van der Waals surface area contributed by atoms with Crippen LogP contribution >= 0.6 is 0 Å². The summed E-state index contributed by atoms with van der Waals surface area (Å²) in [5.41, 5.74) is 0.989. The molecule has 0 saturated carbocycles. The second-order valence-corrected chi connectivity index (χ2v) is 7.47. The lowest BCUT2D eigenvalue weighted by Gasteiger charge is -2.38. The molecule has 1 aliphatic rings. The summed E-state index contributed by atoms with van der Waals surface area (Å²) in [7, 11) is 0. The Balaban J connectivity index is 1.58. The lowest BCUT2D eigenvalue weighted by atomic mass is 9.84. The summed E-state index contributed by atoms with van der Waals surface area (Å²) in [6, 6.07) is 5.29. The normalized spacial score (nSPS) is 16.3. The van der Waals surface area contributed by atoms with E-state index in [0.717, 1.165) is 25.9 Å². The number of nitrogens with one attached hydrogen (secondary N) is 1. The molecule has 2 amide bonds. The van der Waals surface area contributed by atoms with Crippen molar-refractivity contribution in [1.82, 2.24) is 14.7 Å². The first kappa shape index (κ1) is 18.1. The quantitative estimate of drug-likeness (QED) is 0.914. The van der Waals surface area contributed by atoms with Gasteiger partial charge in [0.05, 0.1) is 11.9 Å². The Labute approximate surface area is 152 Å². The minimum Gasteiger partial charge on any atom is -0.341 e. The smallest absolute Gasteiger partial charge is 0.255 e. The maximum Gasteiger partial charge on any atom is 0.255 e. The molecule has 0 atom stereocenters. The number of likely N-dealkylation sites (tertiary alicyclic amines) is 1. The zero-order valence-electron chi connectivity index (χ0n) is 15.0. The predicted molar refractivity (Wildman–Crippen MR) is 96.2 cm³/mol. The molecule has 7 heteroatoms. The van der Waals surface area contributed by atoms with Crippen LogP contribution in [0.1, 0.15) is 37.0 Å². The maximum absolute atomic E-state index is 12.9. The number of hydrogen-bond donors (Lipinski definition) is 1. The van der Waals surface area contributed by atoms with Gasteiger partial charge < -0.3 is 10.2 Å². The first-order valence-electron chi connectivity index (χ1n) is 8.70. The van der Waals surface area contributed by atoms with Crippen LogP contribution in [-0.4, -0.2) is 39.6 Å². The number of amides is 2. The topological polar surface area (TPSA) is 67.2 Å². The zero-order chi connectivity index (χ0) is 18.7. The molecule has 0 aliphatic carbocycles. The summed E-state index contributed by atoms with van der Waals surface area (Å²) in [6.45, 7) is 6.01. The van der Waals surface area contributed by atoms with Gasteiger partial charge in [-0.15, -0.1) is 0 Å². The first-order chi connectivity index (χ1) is 12.3. The molecule has 6 nitrogen and oxygen atoms in total. The predicted octanol–water partition coefficient (Wildman–Crippen LogP) is 2.92. The number of benzene rings is 1. The molecule has 1 aliphatic heterocycles. The highest BCUT2D eigenvalue weighted by atomic mass is 19.1. The van der Waals surface area contributed by atoms with Crippen LogP contribution in [0.4, 0.5) is 10.1 Å². The van der Waals surface area contributed by atoms with Gasteiger partial charge in [-0.05, 0) is 42.5 Å². The van der Waals surface area contributed by atoms with Crippen LogP contribution in [0.15, 0.2) is 36.7 Å². The molecule has 0 bridgehead atoms. The molecular weight excluding hydrogens is 335 g/mol. The van der Waals surface area contributed by atoms with E-state index >= 15 is 0 Å². The van der Waals surface area contributed by atoms with Crippen molar-refractivity contribution in [2.45, 2.75) is 33.2 Å². The summed E-state index contributed by atoms with van der Waals surface area (Å²) in [6.07, 6.45) is 5.25. The minimum atomic E-state index is -0.395. The molecule has 1 aromatic heterocycles. The van der Waals surface area contributed by atoms with Gasteiger partial charge in [-0.25, -0.2) is 4.39 Å². The van der Waals surface area contributed by atoms with Gasteiger partial charge in [0, 0.05) is 24.8 Å². The van der Waals surface area contributed by atoms with Crippen molar-refractivity contribution in [2.75, 3.05) is 18.4 Å². The van der Waals surface area contributed by atoms with Crippen molar-refractivity contribution < 1.29 is 14.0 Å². The highest BCUT2D eigenvalue weighted by Crippen LogP contribution is 2.28. The van der Waals surface area contributed by atoms with Crippen molar-refractivity contribution in [1.29, 1.82) is 0 Å². The van der Waals surface area contributed by atoms with Crippen LogP contribution in [-0.2, 0) is 11.3 Å². The van der Waals surface area contributed by atoms with E-state index < -0.39 is 5.82 Å².